The molecule has 23 heavy (non-hydrogen) atoms. The van der Waals surface area contributed by atoms with Crippen LogP contribution in [0, 0.1) is 0 Å². The minimum absolute atomic E-state index is 0.111. The second kappa shape index (κ2) is 6.48. The normalized spacial score (nSPS) is 16.1. The third-order valence-corrected chi connectivity index (χ3v) is 4.02. The van der Waals surface area contributed by atoms with E-state index in [-0.39, 0.29) is 18.2 Å². The smallest absolute Gasteiger partial charge is 0.266 e. The zero-order chi connectivity index (χ0) is 16.4. The van der Waals surface area contributed by atoms with E-state index in [1.54, 1.807) is 42.5 Å². The van der Waals surface area contributed by atoms with E-state index in [1.807, 2.05) is 0 Å². The molecule has 0 spiro atoms. The molecule has 0 aliphatic carbocycles. The number of anilines is 2. The quantitative estimate of drug-likeness (QED) is 0.886. The molecular formula is C16H12Cl2N2O3. The minimum Gasteiger partial charge on any atom is -0.478 e. The summed E-state index contributed by atoms with van der Waals surface area (Å²) in [6.07, 6.45) is -0.992. The maximum Gasteiger partial charge on any atom is 0.266 e. The van der Waals surface area contributed by atoms with Gasteiger partial charge in [-0.2, -0.15) is 0 Å². The first-order valence-electron chi connectivity index (χ1n) is 6.84. The van der Waals surface area contributed by atoms with Crippen molar-refractivity contribution in [2.75, 3.05) is 10.6 Å². The summed E-state index contributed by atoms with van der Waals surface area (Å²) in [6, 6.07) is 11.8. The summed E-state index contributed by atoms with van der Waals surface area (Å²) in [5.74, 6) is -0.171. The molecule has 0 fully saturated rings. The molecule has 1 unspecified atom stereocenters. The molecule has 1 atom stereocenters. The van der Waals surface area contributed by atoms with E-state index in [1.165, 1.54) is 0 Å². The minimum atomic E-state index is -0.882. The lowest BCUT2D eigenvalue weighted by atomic mass is 10.1. The Bertz CT molecular complexity index is 780. The Labute approximate surface area is 142 Å². The average Bonchev–Trinajstić information content (AvgIpc) is 2.51. The van der Waals surface area contributed by atoms with Crippen LogP contribution in [0.3, 0.4) is 0 Å². The van der Waals surface area contributed by atoms with Gasteiger partial charge in [0.15, 0.2) is 6.10 Å². The maximum absolute atomic E-state index is 12.1. The molecule has 1 heterocycles. The van der Waals surface area contributed by atoms with Gasteiger partial charge in [-0.1, -0.05) is 35.3 Å². The van der Waals surface area contributed by atoms with Gasteiger partial charge in [0.05, 0.1) is 22.2 Å². The largest absolute Gasteiger partial charge is 0.478 e. The number of carbonyl (C=O) groups is 2. The Morgan fingerprint density at radius 3 is 2.74 bits per heavy atom. The van der Waals surface area contributed by atoms with Crippen molar-refractivity contribution in [2.24, 2.45) is 0 Å². The number of amides is 2. The molecule has 0 radical (unpaired) electrons. The Morgan fingerprint density at radius 2 is 1.96 bits per heavy atom. The van der Waals surface area contributed by atoms with Gasteiger partial charge in [0, 0.05) is 5.69 Å². The second-order valence-corrected chi connectivity index (χ2v) is 5.79. The van der Waals surface area contributed by atoms with E-state index in [0.29, 0.717) is 27.2 Å². The summed E-state index contributed by atoms with van der Waals surface area (Å²) in [6.45, 7) is 0. The number of halogens is 2. The number of hydrogen-bond donors (Lipinski definition) is 2. The Hall–Kier alpha value is -2.24. The van der Waals surface area contributed by atoms with Crippen LogP contribution in [0.25, 0.3) is 0 Å². The van der Waals surface area contributed by atoms with Crippen LogP contribution in [0.5, 0.6) is 5.75 Å². The third-order valence-electron chi connectivity index (χ3n) is 3.28. The van der Waals surface area contributed by atoms with Crippen molar-refractivity contribution in [1.29, 1.82) is 0 Å². The number of para-hydroxylation sites is 2. The fourth-order valence-corrected chi connectivity index (χ4v) is 2.48. The predicted molar refractivity (Wildman–Crippen MR) is 89.2 cm³/mol. The average molecular weight is 351 g/mol. The number of benzene rings is 2. The molecule has 0 saturated carbocycles. The molecule has 1 aliphatic heterocycles. The summed E-state index contributed by atoms with van der Waals surface area (Å²) >= 11 is 11.7. The van der Waals surface area contributed by atoms with Crippen LogP contribution < -0.4 is 15.4 Å². The fourth-order valence-electron chi connectivity index (χ4n) is 2.18. The lowest BCUT2D eigenvalue weighted by molar-refractivity contribution is -0.128. The van der Waals surface area contributed by atoms with Crippen molar-refractivity contribution in [2.45, 2.75) is 12.5 Å². The first kappa shape index (κ1) is 15.6. The highest BCUT2D eigenvalue weighted by Gasteiger charge is 2.29. The molecule has 2 aromatic carbocycles. The Kier molecular flexibility index (Phi) is 4.41. The molecule has 3 rings (SSSR count). The summed E-state index contributed by atoms with van der Waals surface area (Å²) in [5, 5.41) is 6.11. The van der Waals surface area contributed by atoms with Gasteiger partial charge in [0.2, 0.25) is 5.91 Å². The number of nitrogens with one attached hydrogen (secondary N) is 2. The van der Waals surface area contributed by atoms with Crippen molar-refractivity contribution < 1.29 is 14.3 Å². The molecule has 0 bridgehead atoms. The molecule has 7 heteroatoms. The van der Waals surface area contributed by atoms with E-state index >= 15 is 0 Å². The molecular weight excluding hydrogens is 339 g/mol. The first-order valence-corrected chi connectivity index (χ1v) is 7.60. The lowest BCUT2D eigenvalue weighted by Gasteiger charge is -2.25. The molecule has 2 amide bonds. The van der Waals surface area contributed by atoms with Crippen LogP contribution in [0.2, 0.25) is 10.0 Å². The summed E-state index contributed by atoms with van der Waals surface area (Å²) in [5.41, 5.74) is 1.10. The zero-order valence-corrected chi connectivity index (χ0v) is 13.3. The van der Waals surface area contributed by atoms with Crippen LogP contribution in [0.1, 0.15) is 6.42 Å². The molecule has 0 aromatic heterocycles. The highest BCUT2D eigenvalue weighted by molar-refractivity contribution is 6.42. The summed E-state index contributed by atoms with van der Waals surface area (Å²) in [4.78, 5) is 24.1. The van der Waals surface area contributed by atoms with Crippen molar-refractivity contribution in [3.8, 4) is 5.75 Å². The molecule has 2 aromatic rings. The molecule has 118 valence electrons. The van der Waals surface area contributed by atoms with E-state index in [2.05, 4.69) is 10.6 Å². The summed E-state index contributed by atoms with van der Waals surface area (Å²) in [7, 11) is 0. The summed E-state index contributed by atoms with van der Waals surface area (Å²) < 4.78 is 5.58. The highest BCUT2D eigenvalue weighted by Crippen LogP contribution is 2.30. The maximum atomic E-state index is 12.1. The van der Waals surface area contributed by atoms with Crippen LogP contribution in [0.4, 0.5) is 11.4 Å². The predicted octanol–water partition coefficient (Wildman–Crippen LogP) is 3.72. The molecule has 0 saturated heterocycles. The van der Waals surface area contributed by atoms with Gasteiger partial charge in [-0.15, -0.1) is 0 Å². The van der Waals surface area contributed by atoms with Crippen LogP contribution in [-0.2, 0) is 9.59 Å². The number of hydrogen-bond acceptors (Lipinski definition) is 3. The van der Waals surface area contributed by atoms with Crippen molar-refractivity contribution in [1.82, 2.24) is 0 Å². The van der Waals surface area contributed by atoms with Gasteiger partial charge in [-0.25, -0.2) is 0 Å². The molecule has 1 aliphatic rings. The van der Waals surface area contributed by atoms with Gasteiger partial charge in [0.1, 0.15) is 5.75 Å². The Morgan fingerprint density at radius 1 is 1.17 bits per heavy atom. The van der Waals surface area contributed by atoms with Gasteiger partial charge >= 0.3 is 0 Å². The standard InChI is InChI=1S/C16H12Cl2N2O3/c17-10-6-5-9(7-11(10)18)19-15(21)8-14-16(22)20-12-3-1-2-4-13(12)23-14/h1-7,14H,8H2,(H,19,21)(H,20,22). The van der Waals surface area contributed by atoms with E-state index < -0.39 is 6.10 Å². The topological polar surface area (TPSA) is 67.4 Å². The highest BCUT2D eigenvalue weighted by atomic mass is 35.5. The van der Waals surface area contributed by atoms with E-state index in [4.69, 9.17) is 27.9 Å². The monoisotopic (exact) mass is 350 g/mol. The van der Waals surface area contributed by atoms with Crippen molar-refractivity contribution >= 4 is 46.4 Å². The van der Waals surface area contributed by atoms with Crippen molar-refractivity contribution in [3.63, 3.8) is 0 Å². The molecule has 5 nitrogen and oxygen atoms in total. The van der Waals surface area contributed by atoms with Crippen LogP contribution in [0.15, 0.2) is 42.5 Å². The molecule has 2 N–H and O–H groups in total. The lowest BCUT2D eigenvalue weighted by Crippen LogP contribution is -2.39. The fraction of sp³-hybridized carbons (Fsp3) is 0.125. The first-order chi connectivity index (χ1) is 11.0. The zero-order valence-electron chi connectivity index (χ0n) is 11.8. The number of ether oxygens (including phenoxy) is 1. The van der Waals surface area contributed by atoms with Crippen molar-refractivity contribution in [3.05, 3.63) is 52.5 Å². The Balaban J connectivity index is 1.66. The van der Waals surface area contributed by atoms with E-state index in [0.717, 1.165) is 0 Å². The van der Waals surface area contributed by atoms with Gasteiger partial charge in [0.25, 0.3) is 5.91 Å². The van der Waals surface area contributed by atoms with Gasteiger partial charge in [-0.3, -0.25) is 9.59 Å². The van der Waals surface area contributed by atoms with Gasteiger partial charge in [-0.05, 0) is 30.3 Å². The van der Waals surface area contributed by atoms with Crippen LogP contribution >= 0.6 is 23.2 Å². The second-order valence-electron chi connectivity index (χ2n) is 4.97. The van der Waals surface area contributed by atoms with Crippen LogP contribution in [-0.4, -0.2) is 17.9 Å². The number of carbonyl (C=O) groups excluding carboxylic acids is 2. The SMILES string of the molecule is O=C(CC1Oc2ccccc2NC1=O)Nc1ccc(Cl)c(Cl)c1. The third kappa shape index (κ3) is 3.57. The van der Waals surface area contributed by atoms with E-state index in [9.17, 15) is 9.59 Å². The van der Waals surface area contributed by atoms with Gasteiger partial charge < -0.3 is 15.4 Å². The number of rotatable bonds is 3. The number of fused-ring (bicyclic) bond motifs is 1.